The van der Waals surface area contributed by atoms with Gasteiger partial charge in [-0.2, -0.15) is 0 Å². The van der Waals surface area contributed by atoms with Crippen LogP contribution in [0.15, 0.2) is 18.2 Å². The molecule has 16 heavy (non-hydrogen) atoms. The van der Waals surface area contributed by atoms with Crippen LogP contribution in [0.1, 0.15) is 13.8 Å². The first-order chi connectivity index (χ1) is 7.70. The zero-order chi connectivity index (χ0) is 11.5. The van der Waals surface area contributed by atoms with Crippen molar-refractivity contribution in [2.24, 2.45) is 0 Å². The number of nitrogens with one attached hydrogen (secondary N) is 1. The fourth-order valence-corrected chi connectivity index (χ4v) is 1.88. The Bertz CT molecular complexity index is 404. The monoisotopic (exact) mass is 220 g/mol. The van der Waals surface area contributed by atoms with Crippen LogP contribution in [0.25, 0.3) is 0 Å². The Labute approximate surface area is 95.2 Å². The molecule has 1 N–H and O–H groups in total. The standard InChI is InChI=1S/C12H16N2O2/c1-3-14-6-7-16-12-5-4-10(8-11(12)14)13-9(2)15/h4-5,8H,3,6-7H2,1-2H3,(H,13,15). The molecule has 0 saturated carbocycles. The third-order valence-corrected chi connectivity index (χ3v) is 2.62. The Morgan fingerprint density at radius 2 is 2.38 bits per heavy atom. The zero-order valence-corrected chi connectivity index (χ0v) is 9.62. The lowest BCUT2D eigenvalue weighted by atomic mass is 10.2. The second kappa shape index (κ2) is 4.43. The number of likely N-dealkylation sites (N-methyl/N-ethyl adjacent to an activating group) is 1. The SMILES string of the molecule is CCN1CCOc2ccc(NC(C)=O)cc21. The molecule has 1 amide bonds. The van der Waals surface area contributed by atoms with E-state index in [1.54, 1.807) is 0 Å². The van der Waals surface area contributed by atoms with Crippen LogP contribution >= 0.6 is 0 Å². The minimum atomic E-state index is -0.0558. The van der Waals surface area contributed by atoms with Gasteiger partial charge in [0.05, 0.1) is 12.2 Å². The van der Waals surface area contributed by atoms with Crippen LogP contribution in [-0.4, -0.2) is 25.6 Å². The highest BCUT2D eigenvalue weighted by Gasteiger charge is 2.16. The minimum Gasteiger partial charge on any atom is -0.490 e. The average Bonchev–Trinajstić information content (AvgIpc) is 2.27. The molecule has 0 spiro atoms. The highest BCUT2D eigenvalue weighted by Crippen LogP contribution is 2.33. The molecule has 0 aromatic heterocycles. The predicted octanol–water partition coefficient (Wildman–Crippen LogP) is 1.86. The average molecular weight is 220 g/mol. The van der Waals surface area contributed by atoms with Crippen molar-refractivity contribution >= 4 is 17.3 Å². The first-order valence-electron chi connectivity index (χ1n) is 5.50. The van der Waals surface area contributed by atoms with E-state index < -0.39 is 0 Å². The van der Waals surface area contributed by atoms with E-state index in [0.29, 0.717) is 0 Å². The number of ether oxygens (including phenoxy) is 1. The first-order valence-corrected chi connectivity index (χ1v) is 5.50. The maximum absolute atomic E-state index is 11.0. The summed E-state index contributed by atoms with van der Waals surface area (Å²) in [6.45, 7) is 6.18. The van der Waals surface area contributed by atoms with E-state index in [0.717, 1.165) is 36.8 Å². The lowest BCUT2D eigenvalue weighted by Crippen LogP contribution is -2.32. The number of benzene rings is 1. The molecule has 0 saturated heterocycles. The van der Waals surface area contributed by atoms with Gasteiger partial charge in [-0.1, -0.05) is 0 Å². The number of carbonyl (C=O) groups is 1. The highest BCUT2D eigenvalue weighted by atomic mass is 16.5. The van der Waals surface area contributed by atoms with Gasteiger partial charge in [0.1, 0.15) is 12.4 Å². The number of amides is 1. The maximum atomic E-state index is 11.0. The van der Waals surface area contributed by atoms with Crippen molar-refractivity contribution in [3.8, 4) is 5.75 Å². The van der Waals surface area contributed by atoms with Gasteiger partial charge in [0.25, 0.3) is 0 Å². The number of nitrogens with zero attached hydrogens (tertiary/aromatic N) is 1. The number of carbonyl (C=O) groups excluding carboxylic acids is 1. The van der Waals surface area contributed by atoms with Crippen molar-refractivity contribution < 1.29 is 9.53 Å². The molecule has 1 aliphatic rings. The lowest BCUT2D eigenvalue weighted by molar-refractivity contribution is -0.114. The summed E-state index contributed by atoms with van der Waals surface area (Å²) in [4.78, 5) is 13.2. The van der Waals surface area contributed by atoms with Crippen LogP contribution in [0.5, 0.6) is 5.75 Å². The number of hydrogen-bond donors (Lipinski definition) is 1. The van der Waals surface area contributed by atoms with E-state index in [2.05, 4.69) is 17.1 Å². The topological polar surface area (TPSA) is 41.6 Å². The summed E-state index contributed by atoms with van der Waals surface area (Å²) in [5.74, 6) is 0.835. The molecule has 86 valence electrons. The van der Waals surface area contributed by atoms with Crippen molar-refractivity contribution in [1.82, 2.24) is 0 Å². The molecule has 0 bridgehead atoms. The molecular formula is C12H16N2O2. The molecule has 0 aliphatic carbocycles. The van der Waals surface area contributed by atoms with Crippen LogP contribution in [0.3, 0.4) is 0 Å². The van der Waals surface area contributed by atoms with Gasteiger partial charge < -0.3 is 15.0 Å². The smallest absolute Gasteiger partial charge is 0.221 e. The zero-order valence-electron chi connectivity index (χ0n) is 9.62. The molecule has 1 aliphatic heterocycles. The Kier molecular flexibility index (Phi) is 2.99. The third-order valence-electron chi connectivity index (χ3n) is 2.62. The Hall–Kier alpha value is -1.71. The largest absolute Gasteiger partial charge is 0.490 e. The summed E-state index contributed by atoms with van der Waals surface area (Å²) in [6, 6.07) is 5.72. The number of anilines is 2. The molecule has 0 atom stereocenters. The molecular weight excluding hydrogens is 204 g/mol. The third kappa shape index (κ3) is 2.10. The predicted molar refractivity (Wildman–Crippen MR) is 64.1 cm³/mol. The number of rotatable bonds is 2. The summed E-state index contributed by atoms with van der Waals surface area (Å²) >= 11 is 0. The summed E-state index contributed by atoms with van der Waals surface area (Å²) < 4.78 is 5.56. The molecule has 0 radical (unpaired) electrons. The molecule has 1 heterocycles. The summed E-state index contributed by atoms with van der Waals surface area (Å²) in [5, 5.41) is 2.78. The van der Waals surface area contributed by atoms with Crippen LogP contribution in [0.4, 0.5) is 11.4 Å². The van der Waals surface area contributed by atoms with E-state index >= 15 is 0 Å². The van der Waals surface area contributed by atoms with E-state index in [9.17, 15) is 4.79 Å². The van der Waals surface area contributed by atoms with Crippen LogP contribution in [-0.2, 0) is 4.79 Å². The lowest BCUT2D eigenvalue weighted by Gasteiger charge is -2.30. The van der Waals surface area contributed by atoms with E-state index in [-0.39, 0.29) is 5.91 Å². The molecule has 1 aromatic carbocycles. The van der Waals surface area contributed by atoms with E-state index in [1.165, 1.54) is 6.92 Å². The molecule has 0 fully saturated rings. The second-order valence-corrected chi connectivity index (χ2v) is 3.79. The fraction of sp³-hybridized carbons (Fsp3) is 0.417. The van der Waals surface area contributed by atoms with Crippen LogP contribution in [0.2, 0.25) is 0 Å². The van der Waals surface area contributed by atoms with Gasteiger partial charge in [-0.05, 0) is 25.1 Å². The fourth-order valence-electron chi connectivity index (χ4n) is 1.88. The van der Waals surface area contributed by atoms with E-state index in [4.69, 9.17) is 4.74 Å². The van der Waals surface area contributed by atoms with Gasteiger partial charge in [-0.25, -0.2) is 0 Å². The first kappa shape index (κ1) is 10.8. The number of hydrogen-bond acceptors (Lipinski definition) is 3. The van der Waals surface area contributed by atoms with Gasteiger partial charge in [-0.15, -0.1) is 0 Å². The van der Waals surface area contributed by atoms with Gasteiger partial charge in [0.2, 0.25) is 5.91 Å². The maximum Gasteiger partial charge on any atom is 0.221 e. The van der Waals surface area contributed by atoms with Crippen LogP contribution < -0.4 is 15.0 Å². The summed E-state index contributed by atoms with van der Waals surface area (Å²) in [5.41, 5.74) is 1.87. The molecule has 4 heteroatoms. The highest BCUT2D eigenvalue weighted by molar-refractivity contribution is 5.89. The van der Waals surface area contributed by atoms with Gasteiger partial charge in [0.15, 0.2) is 0 Å². The Morgan fingerprint density at radius 1 is 1.56 bits per heavy atom. The summed E-state index contributed by atoms with van der Waals surface area (Å²) in [7, 11) is 0. The second-order valence-electron chi connectivity index (χ2n) is 3.79. The van der Waals surface area contributed by atoms with Gasteiger partial charge in [0, 0.05) is 19.2 Å². The van der Waals surface area contributed by atoms with Crippen molar-refractivity contribution in [2.45, 2.75) is 13.8 Å². The molecule has 0 unspecified atom stereocenters. The van der Waals surface area contributed by atoms with E-state index in [1.807, 2.05) is 18.2 Å². The van der Waals surface area contributed by atoms with Crippen LogP contribution in [0, 0.1) is 0 Å². The Morgan fingerprint density at radius 3 is 3.06 bits per heavy atom. The van der Waals surface area contributed by atoms with Crippen molar-refractivity contribution in [3.63, 3.8) is 0 Å². The normalized spacial score (nSPS) is 14.0. The quantitative estimate of drug-likeness (QED) is 0.827. The van der Waals surface area contributed by atoms with Gasteiger partial charge in [-0.3, -0.25) is 4.79 Å². The molecule has 4 nitrogen and oxygen atoms in total. The molecule has 1 aromatic rings. The number of fused-ring (bicyclic) bond motifs is 1. The van der Waals surface area contributed by atoms with Crippen molar-refractivity contribution in [2.75, 3.05) is 29.9 Å². The Balaban J connectivity index is 2.31. The molecule has 2 rings (SSSR count). The summed E-state index contributed by atoms with van der Waals surface area (Å²) in [6.07, 6.45) is 0. The van der Waals surface area contributed by atoms with Crippen molar-refractivity contribution in [1.29, 1.82) is 0 Å². The minimum absolute atomic E-state index is 0.0558. The van der Waals surface area contributed by atoms with Gasteiger partial charge >= 0.3 is 0 Å². The van der Waals surface area contributed by atoms with Crippen molar-refractivity contribution in [3.05, 3.63) is 18.2 Å².